The Morgan fingerprint density at radius 1 is 1.12 bits per heavy atom. The van der Waals surface area contributed by atoms with Crippen LogP contribution >= 0.6 is 11.8 Å². The number of thioether (sulfide) groups is 1. The second kappa shape index (κ2) is 8.90. The summed E-state index contributed by atoms with van der Waals surface area (Å²) in [5.41, 5.74) is 1.16. The summed E-state index contributed by atoms with van der Waals surface area (Å²) >= 11 is 1.35. The molecule has 3 heterocycles. The van der Waals surface area contributed by atoms with E-state index in [-0.39, 0.29) is 17.2 Å². The van der Waals surface area contributed by atoms with Crippen molar-refractivity contribution in [3.63, 3.8) is 0 Å². The molecule has 0 atom stereocenters. The maximum Gasteiger partial charge on any atom is 0.267 e. The summed E-state index contributed by atoms with van der Waals surface area (Å²) in [5.74, 6) is 2.09. The Kier molecular flexibility index (Phi) is 5.80. The molecule has 170 valence electrons. The fourth-order valence-electron chi connectivity index (χ4n) is 4.23. The molecule has 0 bridgehead atoms. The minimum absolute atomic E-state index is 0.106. The van der Waals surface area contributed by atoms with Crippen molar-refractivity contribution in [2.24, 2.45) is 5.92 Å². The number of likely N-dealkylation sites (tertiary alicyclic amines) is 1. The third kappa shape index (κ3) is 3.97. The minimum atomic E-state index is -0.186. The molecule has 2 aromatic heterocycles. The zero-order chi connectivity index (χ0) is 22.9. The van der Waals surface area contributed by atoms with Gasteiger partial charge in [0.25, 0.3) is 5.56 Å². The highest BCUT2D eigenvalue weighted by Gasteiger charge is 2.22. The van der Waals surface area contributed by atoms with E-state index < -0.39 is 0 Å². The molecule has 0 unspecified atom stereocenters. The van der Waals surface area contributed by atoms with Crippen LogP contribution in [0.1, 0.15) is 19.8 Å². The van der Waals surface area contributed by atoms with Gasteiger partial charge in [-0.15, -0.1) is 10.2 Å². The van der Waals surface area contributed by atoms with Gasteiger partial charge in [-0.25, -0.2) is 4.57 Å². The van der Waals surface area contributed by atoms with Crippen molar-refractivity contribution < 1.29 is 9.53 Å². The van der Waals surface area contributed by atoms with Gasteiger partial charge in [0, 0.05) is 19.2 Å². The molecule has 33 heavy (non-hydrogen) atoms. The van der Waals surface area contributed by atoms with Gasteiger partial charge in [-0.1, -0.05) is 36.9 Å². The van der Waals surface area contributed by atoms with Crippen LogP contribution in [0.3, 0.4) is 0 Å². The van der Waals surface area contributed by atoms with E-state index in [1.165, 1.54) is 16.3 Å². The topological polar surface area (TPSA) is 81.7 Å². The van der Waals surface area contributed by atoms with Crippen LogP contribution < -0.4 is 10.3 Å². The second-order valence-electron chi connectivity index (χ2n) is 8.33. The Morgan fingerprint density at radius 2 is 1.91 bits per heavy atom. The number of para-hydroxylation sites is 1. The molecule has 5 rings (SSSR count). The molecule has 1 aliphatic heterocycles. The fraction of sp³-hybridized carbons (Fsp3) is 0.333. The van der Waals surface area contributed by atoms with E-state index in [2.05, 4.69) is 17.1 Å². The number of carbonyl (C=O) groups is 1. The summed E-state index contributed by atoms with van der Waals surface area (Å²) in [6.45, 7) is 3.84. The Hall–Kier alpha value is -3.33. The number of hydrogen-bond acceptors (Lipinski definition) is 6. The van der Waals surface area contributed by atoms with E-state index in [9.17, 15) is 9.59 Å². The zero-order valence-electron chi connectivity index (χ0n) is 18.6. The molecule has 0 radical (unpaired) electrons. The van der Waals surface area contributed by atoms with E-state index in [4.69, 9.17) is 4.74 Å². The summed E-state index contributed by atoms with van der Waals surface area (Å²) in [7, 11) is 1.59. The smallest absolute Gasteiger partial charge is 0.267 e. The number of carbonyl (C=O) groups excluding carboxylic acids is 1. The molecule has 4 aromatic rings. The zero-order valence-corrected chi connectivity index (χ0v) is 19.4. The van der Waals surface area contributed by atoms with Crippen molar-refractivity contribution in [2.45, 2.75) is 24.9 Å². The third-order valence-corrected chi connectivity index (χ3v) is 7.08. The lowest BCUT2D eigenvalue weighted by molar-refractivity contribution is -0.129. The van der Waals surface area contributed by atoms with E-state index in [0.29, 0.717) is 39.2 Å². The second-order valence-corrected chi connectivity index (χ2v) is 9.27. The predicted octanol–water partition coefficient (Wildman–Crippen LogP) is 3.39. The molecule has 1 saturated heterocycles. The maximum atomic E-state index is 13.4. The molecule has 9 heteroatoms. The number of piperidine rings is 1. The van der Waals surface area contributed by atoms with Gasteiger partial charge in [-0.3, -0.25) is 14.0 Å². The first-order valence-electron chi connectivity index (χ1n) is 11.0. The summed E-state index contributed by atoms with van der Waals surface area (Å²) in [5, 5.41) is 9.84. The van der Waals surface area contributed by atoms with Crippen LogP contribution in [0.2, 0.25) is 0 Å². The van der Waals surface area contributed by atoms with E-state index in [1.54, 1.807) is 19.2 Å². The standard InChI is InChI=1S/C24H25N5O3S/c1-16-10-12-27(13-11-16)21(30)15-33-24-26-25-23-28(17-6-5-7-18(14-17)32-2)22(31)19-8-3-4-9-20(19)29(23)24/h3-9,14,16H,10-13,15H2,1-2H3. The maximum absolute atomic E-state index is 13.4. The Labute approximate surface area is 195 Å². The van der Waals surface area contributed by atoms with Gasteiger partial charge in [0.05, 0.1) is 29.5 Å². The Bertz CT molecular complexity index is 1390. The van der Waals surface area contributed by atoms with Crippen LogP contribution in [0, 0.1) is 5.92 Å². The summed E-state index contributed by atoms with van der Waals surface area (Å²) in [4.78, 5) is 28.1. The lowest BCUT2D eigenvalue weighted by atomic mass is 9.99. The number of fused-ring (bicyclic) bond motifs is 3. The van der Waals surface area contributed by atoms with Gasteiger partial charge in [0.1, 0.15) is 5.75 Å². The highest BCUT2D eigenvalue weighted by atomic mass is 32.2. The van der Waals surface area contributed by atoms with Crippen molar-refractivity contribution >= 4 is 34.3 Å². The van der Waals surface area contributed by atoms with Gasteiger partial charge >= 0.3 is 0 Å². The van der Waals surface area contributed by atoms with E-state index >= 15 is 0 Å². The molecule has 0 spiro atoms. The number of nitrogens with zero attached hydrogens (tertiary/aromatic N) is 5. The van der Waals surface area contributed by atoms with Gasteiger partial charge < -0.3 is 9.64 Å². The lowest BCUT2D eigenvalue weighted by Crippen LogP contribution is -2.38. The largest absolute Gasteiger partial charge is 0.497 e. The number of rotatable bonds is 5. The normalized spacial score (nSPS) is 14.8. The van der Waals surface area contributed by atoms with E-state index in [1.807, 2.05) is 45.7 Å². The number of methoxy groups -OCH3 is 1. The molecule has 0 N–H and O–H groups in total. The quantitative estimate of drug-likeness (QED) is 0.422. The van der Waals surface area contributed by atoms with Gasteiger partial charge in [0.2, 0.25) is 11.7 Å². The summed E-state index contributed by atoms with van der Waals surface area (Å²) in [6, 6.07) is 14.7. The summed E-state index contributed by atoms with van der Waals surface area (Å²) < 4.78 is 8.74. The number of hydrogen-bond donors (Lipinski definition) is 0. The molecular weight excluding hydrogens is 438 g/mol. The van der Waals surface area contributed by atoms with Crippen molar-refractivity contribution in [3.8, 4) is 11.4 Å². The Balaban J connectivity index is 1.57. The van der Waals surface area contributed by atoms with Crippen LogP contribution in [-0.2, 0) is 4.79 Å². The van der Waals surface area contributed by atoms with Crippen LogP contribution in [0.15, 0.2) is 58.5 Å². The van der Waals surface area contributed by atoms with Crippen LogP contribution in [0.25, 0.3) is 22.4 Å². The Morgan fingerprint density at radius 3 is 2.70 bits per heavy atom. The van der Waals surface area contributed by atoms with Crippen LogP contribution in [-0.4, -0.2) is 55.9 Å². The first-order valence-corrected chi connectivity index (χ1v) is 12.0. The number of amides is 1. The lowest BCUT2D eigenvalue weighted by Gasteiger charge is -2.30. The molecule has 0 aliphatic carbocycles. The number of ether oxygens (including phenoxy) is 1. The van der Waals surface area contributed by atoms with Gasteiger partial charge in [0.15, 0.2) is 5.16 Å². The first-order chi connectivity index (χ1) is 16.1. The average molecular weight is 464 g/mol. The van der Waals surface area contributed by atoms with Gasteiger partial charge in [-0.05, 0) is 43.0 Å². The van der Waals surface area contributed by atoms with Crippen molar-refractivity contribution in [2.75, 3.05) is 26.0 Å². The molecule has 8 nitrogen and oxygen atoms in total. The van der Waals surface area contributed by atoms with Gasteiger partial charge in [-0.2, -0.15) is 0 Å². The highest BCUT2D eigenvalue weighted by molar-refractivity contribution is 7.99. The highest BCUT2D eigenvalue weighted by Crippen LogP contribution is 2.25. The van der Waals surface area contributed by atoms with E-state index in [0.717, 1.165) is 25.9 Å². The number of benzene rings is 2. The molecule has 1 aliphatic rings. The SMILES string of the molecule is COc1cccc(-n2c(=O)c3ccccc3n3c(SCC(=O)N4CCC(C)CC4)nnc23)c1. The predicted molar refractivity (Wildman–Crippen MR) is 128 cm³/mol. The average Bonchev–Trinajstić information content (AvgIpc) is 3.27. The third-order valence-electron chi connectivity index (χ3n) is 6.17. The van der Waals surface area contributed by atoms with Crippen molar-refractivity contribution in [3.05, 3.63) is 58.9 Å². The first kappa shape index (κ1) is 21.5. The molecule has 2 aromatic carbocycles. The van der Waals surface area contributed by atoms with Crippen molar-refractivity contribution in [1.29, 1.82) is 0 Å². The molecule has 1 amide bonds. The monoisotopic (exact) mass is 463 g/mol. The summed E-state index contributed by atoms with van der Waals surface area (Å²) in [6.07, 6.45) is 2.09. The molecule has 0 saturated carbocycles. The minimum Gasteiger partial charge on any atom is -0.497 e. The van der Waals surface area contributed by atoms with Crippen LogP contribution in [0.5, 0.6) is 5.75 Å². The molecular formula is C24H25N5O3S. The number of aromatic nitrogens is 4. The fourth-order valence-corrected chi connectivity index (χ4v) is 5.07. The van der Waals surface area contributed by atoms with Crippen LogP contribution in [0.4, 0.5) is 0 Å². The van der Waals surface area contributed by atoms with Crippen molar-refractivity contribution in [1.82, 2.24) is 24.1 Å². The molecule has 1 fully saturated rings.